The molecule has 0 aliphatic heterocycles. The summed E-state index contributed by atoms with van der Waals surface area (Å²) in [6, 6.07) is 17.1. The zero-order valence-electron chi connectivity index (χ0n) is 20.8. The van der Waals surface area contributed by atoms with Crippen LogP contribution in [-0.2, 0) is 20.7 Å². The Morgan fingerprint density at radius 3 is 2.33 bits per heavy atom. The van der Waals surface area contributed by atoms with Crippen LogP contribution in [0.5, 0.6) is 0 Å². The number of carbonyl (C=O) groups is 3. The van der Waals surface area contributed by atoms with Gasteiger partial charge in [-0.25, -0.2) is 4.79 Å². The van der Waals surface area contributed by atoms with Crippen molar-refractivity contribution in [3.63, 3.8) is 0 Å². The van der Waals surface area contributed by atoms with Gasteiger partial charge in [0, 0.05) is 11.9 Å². The van der Waals surface area contributed by atoms with Crippen LogP contribution < -0.4 is 21.7 Å². The van der Waals surface area contributed by atoms with Gasteiger partial charge in [-0.2, -0.15) is 0 Å². The summed E-state index contributed by atoms with van der Waals surface area (Å²) in [6.07, 6.45) is 1.71. The molecule has 1 heterocycles. The van der Waals surface area contributed by atoms with Gasteiger partial charge in [0.25, 0.3) is 0 Å². The van der Waals surface area contributed by atoms with Gasteiger partial charge in [0.15, 0.2) is 0 Å². The van der Waals surface area contributed by atoms with E-state index < -0.39 is 35.6 Å². The SMILES string of the molecule is CC(C)(C)OC(=O)NC(CN)C(=O)NC(CCc1ccccc1)C(=O)Nc1cnc2ccccc2c1. The van der Waals surface area contributed by atoms with Crippen molar-refractivity contribution in [2.75, 3.05) is 11.9 Å². The first kappa shape index (κ1) is 26.6. The van der Waals surface area contributed by atoms with E-state index in [1.165, 1.54) is 0 Å². The zero-order chi connectivity index (χ0) is 26.1. The molecule has 0 saturated heterocycles. The molecule has 0 radical (unpaired) electrons. The monoisotopic (exact) mass is 491 g/mol. The molecule has 3 aromatic rings. The quantitative estimate of drug-likeness (QED) is 0.363. The molecule has 36 heavy (non-hydrogen) atoms. The molecular weight excluding hydrogens is 458 g/mol. The Morgan fingerprint density at radius 1 is 0.944 bits per heavy atom. The highest BCUT2D eigenvalue weighted by atomic mass is 16.6. The van der Waals surface area contributed by atoms with Gasteiger partial charge in [0.05, 0.1) is 17.4 Å². The highest BCUT2D eigenvalue weighted by Crippen LogP contribution is 2.17. The van der Waals surface area contributed by atoms with E-state index in [9.17, 15) is 14.4 Å². The highest BCUT2D eigenvalue weighted by Gasteiger charge is 2.27. The predicted octanol–water partition coefficient (Wildman–Crippen LogP) is 3.14. The van der Waals surface area contributed by atoms with Gasteiger partial charge in [-0.15, -0.1) is 0 Å². The van der Waals surface area contributed by atoms with Crippen molar-refractivity contribution in [2.24, 2.45) is 5.73 Å². The van der Waals surface area contributed by atoms with Crippen LogP contribution in [0, 0.1) is 0 Å². The summed E-state index contributed by atoms with van der Waals surface area (Å²) in [4.78, 5) is 42.7. The number of nitrogens with two attached hydrogens (primary N) is 1. The second-order valence-corrected chi connectivity index (χ2v) is 9.43. The maximum atomic E-state index is 13.2. The number of benzene rings is 2. The predicted molar refractivity (Wildman–Crippen MR) is 139 cm³/mol. The maximum Gasteiger partial charge on any atom is 0.408 e. The molecule has 0 aliphatic carbocycles. The van der Waals surface area contributed by atoms with Gasteiger partial charge < -0.3 is 26.4 Å². The molecule has 9 nitrogen and oxygen atoms in total. The summed E-state index contributed by atoms with van der Waals surface area (Å²) in [7, 11) is 0. The lowest BCUT2D eigenvalue weighted by molar-refractivity contribution is -0.127. The minimum Gasteiger partial charge on any atom is -0.444 e. The molecule has 0 bridgehead atoms. The number of anilines is 1. The van der Waals surface area contributed by atoms with Gasteiger partial charge >= 0.3 is 6.09 Å². The minimum absolute atomic E-state index is 0.160. The molecule has 3 rings (SSSR count). The molecule has 0 saturated carbocycles. The fourth-order valence-corrected chi connectivity index (χ4v) is 3.55. The lowest BCUT2D eigenvalue weighted by atomic mass is 10.0. The molecular formula is C27H33N5O4. The van der Waals surface area contributed by atoms with Gasteiger partial charge in [0.2, 0.25) is 11.8 Å². The summed E-state index contributed by atoms with van der Waals surface area (Å²) >= 11 is 0. The summed E-state index contributed by atoms with van der Waals surface area (Å²) < 4.78 is 5.22. The Kier molecular flexibility index (Phi) is 8.97. The summed E-state index contributed by atoms with van der Waals surface area (Å²) in [6.45, 7) is 4.99. The minimum atomic E-state index is -1.06. The lowest BCUT2D eigenvalue weighted by Crippen LogP contribution is -2.55. The molecule has 2 atom stereocenters. The van der Waals surface area contributed by atoms with Crippen LogP contribution in [-0.4, -0.2) is 47.1 Å². The number of hydrogen-bond acceptors (Lipinski definition) is 6. The van der Waals surface area contributed by atoms with E-state index in [1.807, 2.05) is 60.7 Å². The first-order chi connectivity index (χ1) is 17.1. The Labute approximate surface area is 210 Å². The van der Waals surface area contributed by atoms with Crippen LogP contribution in [0.4, 0.5) is 10.5 Å². The molecule has 9 heteroatoms. The number of pyridine rings is 1. The molecule has 190 valence electrons. The average molecular weight is 492 g/mol. The first-order valence-corrected chi connectivity index (χ1v) is 11.8. The Hall–Kier alpha value is -3.98. The topological polar surface area (TPSA) is 135 Å². The largest absolute Gasteiger partial charge is 0.444 e. The number of amides is 3. The van der Waals surface area contributed by atoms with E-state index >= 15 is 0 Å². The third-order valence-electron chi connectivity index (χ3n) is 5.30. The van der Waals surface area contributed by atoms with Crippen molar-refractivity contribution in [3.05, 3.63) is 72.4 Å². The van der Waals surface area contributed by atoms with Crippen LogP contribution in [0.3, 0.4) is 0 Å². The third-order valence-corrected chi connectivity index (χ3v) is 5.30. The van der Waals surface area contributed by atoms with Gasteiger partial charge in [-0.1, -0.05) is 48.5 Å². The number of rotatable bonds is 9. The van der Waals surface area contributed by atoms with Crippen molar-refractivity contribution in [2.45, 2.75) is 51.3 Å². The maximum absolute atomic E-state index is 13.2. The molecule has 5 N–H and O–H groups in total. The normalized spacial score (nSPS) is 12.9. The summed E-state index contributed by atoms with van der Waals surface area (Å²) in [5, 5.41) is 8.94. The number of aryl methyl sites for hydroxylation is 1. The molecule has 0 aliphatic rings. The zero-order valence-corrected chi connectivity index (χ0v) is 20.8. The van der Waals surface area contributed by atoms with E-state index in [0.717, 1.165) is 16.5 Å². The third kappa shape index (κ3) is 8.06. The van der Waals surface area contributed by atoms with Crippen LogP contribution in [0.25, 0.3) is 10.9 Å². The lowest BCUT2D eigenvalue weighted by Gasteiger charge is -2.24. The van der Waals surface area contributed by atoms with Crippen molar-refractivity contribution in [1.29, 1.82) is 0 Å². The van der Waals surface area contributed by atoms with E-state index in [1.54, 1.807) is 27.0 Å². The number of aromatic nitrogens is 1. The Bertz CT molecular complexity index is 1190. The Morgan fingerprint density at radius 2 is 1.64 bits per heavy atom. The molecule has 2 unspecified atom stereocenters. The Balaban J connectivity index is 1.73. The van der Waals surface area contributed by atoms with E-state index in [-0.39, 0.29) is 6.54 Å². The smallest absolute Gasteiger partial charge is 0.408 e. The number of carbonyl (C=O) groups excluding carboxylic acids is 3. The van der Waals surface area contributed by atoms with Crippen LogP contribution in [0.2, 0.25) is 0 Å². The molecule has 2 aromatic carbocycles. The first-order valence-electron chi connectivity index (χ1n) is 11.8. The van der Waals surface area contributed by atoms with E-state index in [0.29, 0.717) is 18.5 Å². The molecule has 0 spiro atoms. The van der Waals surface area contributed by atoms with Crippen molar-refractivity contribution in [3.8, 4) is 0 Å². The van der Waals surface area contributed by atoms with Crippen molar-refractivity contribution in [1.82, 2.24) is 15.6 Å². The number of nitrogens with one attached hydrogen (secondary N) is 3. The van der Waals surface area contributed by atoms with E-state index in [2.05, 4.69) is 20.9 Å². The second kappa shape index (κ2) is 12.1. The highest BCUT2D eigenvalue weighted by molar-refractivity contribution is 5.99. The van der Waals surface area contributed by atoms with Crippen LogP contribution in [0.1, 0.15) is 32.8 Å². The van der Waals surface area contributed by atoms with Crippen molar-refractivity contribution >= 4 is 34.5 Å². The van der Waals surface area contributed by atoms with Gasteiger partial charge in [-0.05, 0) is 51.3 Å². The average Bonchev–Trinajstić information content (AvgIpc) is 2.84. The van der Waals surface area contributed by atoms with Gasteiger partial charge in [-0.3, -0.25) is 14.6 Å². The van der Waals surface area contributed by atoms with Crippen molar-refractivity contribution < 1.29 is 19.1 Å². The number of fused-ring (bicyclic) bond motifs is 1. The molecule has 3 amide bonds. The second-order valence-electron chi connectivity index (χ2n) is 9.43. The number of ether oxygens (including phenoxy) is 1. The number of nitrogens with zero attached hydrogens (tertiary/aromatic N) is 1. The fourth-order valence-electron chi connectivity index (χ4n) is 3.55. The summed E-state index contributed by atoms with van der Waals surface area (Å²) in [5.41, 5.74) is 7.36. The molecule has 1 aromatic heterocycles. The van der Waals surface area contributed by atoms with Gasteiger partial charge in [0.1, 0.15) is 17.7 Å². The van der Waals surface area contributed by atoms with Crippen LogP contribution >= 0.6 is 0 Å². The number of para-hydroxylation sites is 1. The summed E-state index contributed by atoms with van der Waals surface area (Å²) in [5.74, 6) is -0.974. The van der Waals surface area contributed by atoms with E-state index in [4.69, 9.17) is 10.5 Å². The number of alkyl carbamates (subject to hydrolysis) is 1. The molecule has 0 fully saturated rings. The fraction of sp³-hybridized carbons (Fsp3) is 0.333. The number of hydrogen-bond donors (Lipinski definition) is 4. The standard InChI is InChI=1S/C27H33N5O4/c1-27(2,3)36-26(35)32-23(16-28)25(34)31-22(14-13-18-9-5-4-6-10-18)24(33)30-20-15-19-11-7-8-12-21(19)29-17-20/h4-12,15,17,22-23H,13-14,16,28H2,1-3H3,(H,30,33)(H,31,34)(H,32,35). The van der Waals surface area contributed by atoms with Crippen LogP contribution in [0.15, 0.2) is 66.9 Å².